The van der Waals surface area contributed by atoms with Crippen molar-refractivity contribution in [3.8, 4) is 11.1 Å². The predicted octanol–water partition coefficient (Wildman–Crippen LogP) is 5.03. The molecule has 31 heavy (non-hydrogen) atoms. The number of nitrogens with zero attached hydrogens (tertiary/aromatic N) is 4. The molecule has 0 spiro atoms. The molecule has 0 atom stereocenters. The molecule has 1 aliphatic rings. The second kappa shape index (κ2) is 8.81. The summed E-state index contributed by atoms with van der Waals surface area (Å²) in [7, 11) is 0. The van der Waals surface area contributed by atoms with E-state index in [2.05, 4.69) is 15.0 Å². The molecule has 0 saturated heterocycles. The van der Waals surface area contributed by atoms with Crippen molar-refractivity contribution >= 4 is 23.4 Å². The number of aromatic nitrogens is 3. The number of benzene rings is 1. The van der Waals surface area contributed by atoms with Gasteiger partial charge in [-0.2, -0.15) is 13.2 Å². The van der Waals surface area contributed by atoms with Crippen LogP contribution in [-0.2, 0) is 12.7 Å². The highest BCUT2D eigenvalue weighted by Gasteiger charge is 2.36. The summed E-state index contributed by atoms with van der Waals surface area (Å²) < 4.78 is 37.9. The highest BCUT2D eigenvalue weighted by atomic mass is 35.5. The summed E-state index contributed by atoms with van der Waals surface area (Å²) in [6, 6.07) is 7.94. The van der Waals surface area contributed by atoms with E-state index in [0.29, 0.717) is 22.4 Å². The van der Waals surface area contributed by atoms with Gasteiger partial charge in [-0.3, -0.25) is 19.5 Å². The molecule has 3 aromatic rings. The Morgan fingerprint density at radius 1 is 0.903 bits per heavy atom. The van der Waals surface area contributed by atoms with Crippen molar-refractivity contribution in [1.29, 1.82) is 0 Å². The third-order valence-electron chi connectivity index (χ3n) is 4.33. The maximum atomic E-state index is 12.6. The second-order valence-corrected chi connectivity index (χ2v) is 6.60. The third-order valence-corrected chi connectivity index (χ3v) is 4.63. The number of pyridine rings is 1. The fraction of sp³-hybridized carbons (Fsp3) is 0.190. The van der Waals surface area contributed by atoms with Gasteiger partial charge in [0.2, 0.25) is 5.82 Å². The Kier molecular flexibility index (Phi) is 6.35. The van der Waals surface area contributed by atoms with Crippen molar-refractivity contribution in [3.63, 3.8) is 0 Å². The largest absolute Gasteiger partial charge is 0.451 e. The van der Waals surface area contributed by atoms with Crippen LogP contribution >= 0.6 is 11.6 Å². The van der Waals surface area contributed by atoms with Crippen LogP contribution in [0.2, 0.25) is 5.02 Å². The van der Waals surface area contributed by atoms with Gasteiger partial charge >= 0.3 is 6.18 Å². The van der Waals surface area contributed by atoms with Crippen LogP contribution in [0, 0.1) is 0 Å². The number of amides is 2. The lowest BCUT2D eigenvalue weighted by atomic mass is 10.1. The number of halogens is 4. The normalized spacial score (nSPS) is 13.0. The quantitative estimate of drug-likeness (QED) is 0.525. The number of imide groups is 1. The van der Waals surface area contributed by atoms with Crippen molar-refractivity contribution < 1.29 is 22.8 Å². The highest BCUT2D eigenvalue weighted by molar-refractivity contribution is 6.33. The summed E-state index contributed by atoms with van der Waals surface area (Å²) in [5, 5.41) is 0.166. The summed E-state index contributed by atoms with van der Waals surface area (Å²) in [4.78, 5) is 36.8. The zero-order valence-corrected chi connectivity index (χ0v) is 17.2. The Bertz CT molecular complexity index is 1100. The van der Waals surface area contributed by atoms with Gasteiger partial charge in [-0.05, 0) is 18.2 Å². The molecule has 1 aliphatic heterocycles. The molecule has 2 amide bonds. The third kappa shape index (κ3) is 4.41. The molecule has 10 heteroatoms. The van der Waals surface area contributed by atoms with E-state index in [4.69, 9.17) is 11.6 Å². The first-order chi connectivity index (χ1) is 14.8. The minimum absolute atomic E-state index is 0.113. The van der Waals surface area contributed by atoms with Crippen LogP contribution in [0.5, 0.6) is 0 Å². The Labute approximate surface area is 180 Å². The average molecular weight is 449 g/mol. The molecule has 0 saturated carbocycles. The zero-order chi connectivity index (χ0) is 22.8. The van der Waals surface area contributed by atoms with Crippen LogP contribution in [0.4, 0.5) is 13.2 Å². The SMILES string of the molecule is CC.O=C1c2ccccc2C(=O)N1Cc1cc(-c2cnc(C(F)(F)F)nc2)c(Cl)cn1. The number of fused-ring (bicyclic) bond motifs is 1. The Morgan fingerprint density at radius 2 is 1.45 bits per heavy atom. The first kappa shape index (κ1) is 22.4. The van der Waals surface area contributed by atoms with E-state index in [0.717, 1.165) is 17.3 Å². The summed E-state index contributed by atoms with van der Waals surface area (Å²) in [6.07, 6.45) is -1.36. The monoisotopic (exact) mass is 448 g/mol. The fourth-order valence-electron chi connectivity index (χ4n) is 2.95. The van der Waals surface area contributed by atoms with Gasteiger partial charge in [-0.25, -0.2) is 9.97 Å². The van der Waals surface area contributed by atoms with Gasteiger partial charge in [-0.1, -0.05) is 37.6 Å². The molecular formula is C21H16ClF3N4O2. The van der Waals surface area contributed by atoms with Crippen molar-refractivity contribution in [1.82, 2.24) is 19.9 Å². The zero-order valence-electron chi connectivity index (χ0n) is 16.4. The number of alkyl halides is 3. The molecule has 4 rings (SSSR count). The van der Waals surface area contributed by atoms with Gasteiger partial charge in [0.25, 0.3) is 11.8 Å². The van der Waals surface area contributed by atoms with Gasteiger partial charge in [0.15, 0.2) is 0 Å². The molecule has 0 fully saturated rings. The standard InChI is InChI=1S/C19H10ClF3N4O2.C2H6/c20-15-8-24-11(5-14(15)10-6-25-18(26-7-10)19(21,22)23)9-27-16(28)12-3-1-2-4-13(12)17(27)29;1-2/h1-8H,9H2;1-2H3. The van der Waals surface area contributed by atoms with Crippen molar-refractivity contribution in [2.75, 3.05) is 0 Å². The van der Waals surface area contributed by atoms with Crippen molar-refractivity contribution in [2.24, 2.45) is 0 Å². The molecule has 0 N–H and O–H groups in total. The van der Waals surface area contributed by atoms with E-state index < -0.39 is 23.8 Å². The van der Waals surface area contributed by atoms with E-state index in [1.54, 1.807) is 24.3 Å². The van der Waals surface area contributed by atoms with Crippen molar-refractivity contribution in [3.05, 3.63) is 76.6 Å². The number of rotatable bonds is 3. The molecule has 0 bridgehead atoms. The lowest BCUT2D eigenvalue weighted by Gasteiger charge is -2.14. The second-order valence-electron chi connectivity index (χ2n) is 6.19. The topological polar surface area (TPSA) is 76.1 Å². The maximum absolute atomic E-state index is 12.6. The minimum Gasteiger partial charge on any atom is -0.269 e. The van der Waals surface area contributed by atoms with E-state index in [-0.39, 0.29) is 17.1 Å². The molecular weight excluding hydrogens is 433 g/mol. The summed E-state index contributed by atoms with van der Waals surface area (Å²) >= 11 is 6.12. The number of hydrogen-bond acceptors (Lipinski definition) is 5. The molecule has 160 valence electrons. The fourth-order valence-corrected chi connectivity index (χ4v) is 3.16. The van der Waals surface area contributed by atoms with Gasteiger partial charge in [0.05, 0.1) is 28.4 Å². The van der Waals surface area contributed by atoms with Crippen LogP contribution in [0.25, 0.3) is 11.1 Å². The predicted molar refractivity (Wildman–Crippen MR) is 107 cm³/mol. The van der Waals surface area contributed by atoms with E-state index in [9.17, 15) is 22.8 Å². The molecule has 3 heterocycles. The van der Waals surface area contributed by atoms with Gasteiger partial charge in [-0.15, -0.1) is 0 Å². The summed E-state index contributed by atoms with van der Waals surface area (Å²) in [6.45, 7) is 3.89. The summed E-state index contributed by atoms with van der Waals surface area (Å²) in [5.74, 6) is -2.15. The molecule has 6 nitrogen and oxygen atoms in total. The lowest BCUT2D eigenvalue weighted by molar-refractivity contribution is -0.145. The van der Waals surface area contributed by atoms with Gasteiger partial charge in [0.1, 0.15) is 0 Å². The smallest absolute Gasteiger partial charge is 0.269 e. The number of hydrogen-bond donors (Lipinski definition) is 0. The Balaban J connectivity index is 0.00000132. The van der Waals surface area contributed by atoms with Crippen LogP contribution in [0.15, 0.2) is 48.9 Å². The first-order valence-corrected chi connectivity index (χ1v) is 9.63. The Hall–Kier alpha value is -3.33. The molecule has 0 radical (unpaired) electrons. The number of carbonyl (C=O) groups is 2. The number of carbonyl (C=O) groups excluding carboxylic acids is 2. The average Bonchev–Trinajstić information content (AvgIpc) is 3.01. The van der Waals surface area contributed by atoms with Crippen molar-refractivity contribution in [2.45, 2.75) is 26.6 Å². The first-order valence-electron chi connectivity index (χ1n) is 9.25. The van der Waals surface area contributed by atoms with Crippen LogP contribution in [0.1, 0.15) is 46.1 Å². The van der Waals surface area contributed by atoms with E-state index in [1.807, 2.05) is 13.8 Å². The molecule has 2 aromatic heterocycles. The Morgan fingerprint density at radius 3 is 1.97 bits per heavy atom. The van der Waals surface area contributed by atoms with Crippen LogP contribution in [0.3, 0.4) is 0 Å². The van der Waals surface area contributed by atoms with Crippen LogP contribution < -0.4 is 0 Å². The van der Waals surface area contributed by atoms with Gasteiger partial charge in [0, 0.05) is 29.7 Å². The molecule has 0 unspecified atom stereocenters. The highest BCUT2D eigenvalue weighted by Crippen LogP contribution is 2.31. The lowest BCUT2D eigenvalue weighted by Crippen LogP contribution is -2.29. The maximum Gasteiger partial charge on any atom is 0.451 e. The minimum atomic E-state index is -4.66. The van der Waals surface area contributed by atoms with E-state index in [1.165, 1.54) is 12.3 Å². The van der Waals surface area contributed by atoms with E-state index >= 15 is 0 Å². The summed E-state index contributed by atoms with van der Waals surface area (Å²) in [5.41, 5.74) is 1.53. The van der Waals surface area contributed by atoms with Crippen LogP contribution in [-0.4, -0.2) is 31.7 Å². The molecule has 0 aliphatic carbocycles. The molecule has 1 aromatic carbocycles. The van der Waals surface area contributed by atoms with Gasteiger partial charge < -0.3 is 0 Å².